The van der Waals surface area contributed by atoms with Gasteiger partial charge in [0.05, 0.1) is 17.8 Å². The molecule has 0 radical (unpaired) electrons. The lowest BCUT2D eigenvalue weighted by atomic mass is 9.96. The number of carbonyl (C=O) groups is 4. The van der Waals surface area contributed by atoms with Crippen molar-refractivity contribution >= 4 is 57.5 Å². The first kappa shape index (κ1) is 29.0. The number of halogens is 1. The predicted molar refractivity (Wildman–Crippen MR) is 155 cm³/mol. The van der Waals surface area contributed by atoms with E-state index in [4.69, 9.17) is 16.3 Å². The van der Waals surface area contributed by atoms with E-state index in [0.29, 0.717) is 28.7 Å². The van der Waals surface area contributed by atoms with Crippen LogP contribution in [0.1, 0.15) is 58.1 Å². The molecule has 218 valence electrons. The molecule has 0 saturated carbocycles. The fraction of sp³-hybridized carbons (Fsp3) is 0.464. The second-order valence-electron chi connectivity index (χ2n) is 11.1. The Balaban J connectivity index is 1.36. The molecular weight excluding hydrogens is 568 g/mol. The topological polar surface area (TPSA) is 137 Å². The highest BCUT2D eigenvalue weighted by molar-refractivity contribution is 7.13. The van der Waals surface area contributed by atoms with Gasteiger partial charge in [-0.2, -0.15) is 0 Å². The predicted octanol–water partition coefficient (Wildman–Crippen LogP) is 2.74. The Morgan fingerprint density at radius 3 is 2.63 bits per heavy atom. The zero-order valence-electron chi connectivity index (χ0n) is 23.4. The Kier molecular flexibility index (Phi) is 8.09. The number of esters is 1. The van der Waals surface area contributed by atoms with Gasteiger partial charge in [-0.05, 0) is 51.6 Å². The summed E-state index contributed by atoms with van der Waals surface area (Å²) >= 11 is 7.46. The Labute approximate surface area is 246 Å². The van der Waals surface area contributed by atoms with Crippen molar-refractivity contribution in [2.45, 2.75) is 57.8 Å². The lowest BCUT2D eigenvalue weighted by molar-refractivity contribution is -0.169. The normalized spacial score (nSPS) is 19.5. The molecule has 1 aromatic carbocycles. The first-order valence-electron chi connectivity index (χ1n) is 13.5. The molecule has 3 amide bonds. The van der Waals surface area contributed by atoms with Gasteiger partial charge in [0.2, 0.25) is 0 Å². The number of hydrogen-bond donors (Lipinski definition) is 3. The van der Waals surface area contributed by atoms with Crippen molar-refractivity contribution in [1.82, 2.24) is 30.4 Å². The van der Waals surface area contributed by atoms with Crippen LogP contribution in [-0.4, -0.2) is 87.8 Å². The van der Waals surface area contributed by atoms with Gasteiger partial charge in [-0.1, -0.05) is 11.6 Å². The number of ether oxygens (including phenoxy) is 1. The van der Waals surface area contributed by atoms with Crippen molar-refractivity contribution in [3.8, 4) is 0 Å². The molecule has 0 unspecified atom stereocenters. The van der Waals surface area contributed by atoms with Gasteiger partial charge in [-0.25, -0.2) is 4.98 Å². The largest absolute Gasteiger partial charge is 0.450 e. The van der Waals surface area contributed by atoms with Crippen LogP contribution in [0.3, 0.4) is 0 Å². The number of likely N-dealkylation sites (tertiary alicyclic amines) is 1. The van der Waals surface area contributed by atoms with Crippen molar-refractivity contribution in [2.24, 2.45) is 0 Å². The van der Waals surface area contributed by atoms with E-state index in [1.807, 2.05) is 7.05 Å². The summed E-state index contributed by atoms with van der Waals surface area (Å²) in [4.78, 5) is 64.1. The smallest absolute Gasteiger partial charge is 0.303 e. The van der Waals surface area contributed by atoms with Gasteiger partial charge in [0, 0.05) is 60.3 Å². The third kappa shape index (κ3) is 6.39. The molecule has 13 heteroatoms. The van der Waals surface area contributed by atoms with Gasteiger partial charge >= 0.3 is 5.97 Å². The Bertz CT molecular complexity index is 1520. The highest BCUT2D eigenvalue weighted by Crippen LogP contribution is 2.26. The van der Waals surface area contributed by atoms with E-state index in [2.05, 4.69) is 25.5 Å². The molecule has 0 bridgehead atoms. The van der Waals surface area contributed by atoms with Crippen molar-refractivity contribution in [1.29, 1.82) is 0 Å². The molecule has 2 atom stereocenters. The van der Waals surface area contributed by atoms with Crippen molar-refractivity contribution in [3.63, 3.8) is 0 Å². The summed E-state index contributed by atoms with van der Waals surface area (Å²) < 4.78 is 5.27. The third-order valence-corrected chi connectivity index (χ3v) is 8.71. The number of nitrogens with zero attached hydrogens (tertiary/aromatic N) is 3. The lowest BCUT2D eigenvalue weighted by Gasteiger charge is -2.41. The van der Waals surface area contributed by atoms with Gasteiger partial charge < -0.3 is 30.2 Å². The van der Waals surface area contributed by atoms with Crippen molar-refractivity contribution < 1.29 is 23.9 Å². The molecule has 3 aromatic rings. The summed E-state index contributed by atoms with van der Waals surface area (Å²) in [7, 11) is 2.03. The number of thiazole rings is 1. The third-order valence-electron chi connectivity index (χ3n) is 7.39. The van der Waals surface area contributed by atoms with E-state index in [9.17, 15) is 19.2 Å². The Morgan fingerprint density at radius 1 is 1.12 bits per heavy atom. The summed E-state index contributed by atoms with van der Waals surface area (Å²) in [5, 5.41) is 7.79. The summed E-state index contributed by atoms with van der Waals surface area (Å²) in [6, 6.07) is 5.96. The fourth-order valence-corrected chi connectivity index (χ4v) is 6.63. The molecule has 11 nitrogen and oxygen atoms in total. The quantitative estimate of drug-likeness (QED) is 0.370. The highest BCUT2D eigenvalue weighted by Gasteiger charge is 2.41. The Hall–Kier alpha value is -3.48. The first-order chi connectivity index (χ1) is 19.4. The van der Waals surface area contributed by atoms with Crippen molar-refractivity contribution in [2.75, 3.05) is 26.7 Å². The number of amides is 3. The molecule has 2 aliphatic heterocycles. The highest BCUT2D eigenvalue weighted by atomic mass is 35.5. The molecule has 2 aromatic heterocycles. The molecule has 1 fully saturated rings. The summed E-state index contributed by atoms with van der Waals surface area (Å²) in [6.45, 7) is 6.38. The summed E-state index contributed by atoms with van der Waals surface area (Å²) in [6.07, 6.45) is 1.16. The number of rotatable bonds is 6. The maximum atomic E-state index is 13.4. The summed E-state index contributed by atoms with van der Waals surface area (Å²) in [5.74, 6) is -1.63. The van der Waals surface area contributed by atoms with Crippen LogP contribution in [0.5, 0.6) is 0 Å². The number of likely N-dealkylation sites (N-methyl/N-ethyl adjacent to an activating group) is 1. The van der Waals surface area contributed by atoms with Crippen LogP contribution in [0.2, 0.25) is 5.02 Å². The number of benzene rings is 1. The first-order valence-corrected chi connectivity index (χ1v) is 14.6. The van der Waals surface area contributed by atoms with Crippen LogP contribution in [0.4, 0.5) is 0 Å². The molecule has 41 heavy (non-hydrogen) atoms. The van der Waals surface area contributed by atoms with E-state index in [-0.39, 0.29) is 24.3 Å². The number of H-pyrrole nitrogens is 1. The Morgan fingerprint density at radius 2 is 1.88 bits per heavy atom. The van der Waals surface area contributed by atoms with E-state index in [1.54, 1.807) is 29.2 Å². The average molecular weight is 601 g/mol. The van der Waals surface area contributed by atoms with E-state index >= 15 is 0 Å². The second-order valence-corrected chi connectivity index (χ2v) is 12.6. The molecule has 0 aliphatic carbocycles. The average Bonchev–Trinajstić information content (AvgIpc) is 3.52. The maximum Gasteiger partial charge on any atom is 0.303 e. The molecule has 4 heterocycles. The van der Waals surface area contributed by atoms with Crippen LogP contribution in [-0.2, 0) is 27.3 Å². The number of nitrogens with one attached hydrogen (secondary N) is 3. The standard InChI is InChI=1S/C28H33ClN6O5S/c1-15(36)40-28(2,3)27(39)35-10-8-19(31-24(37)21-12-16-11-17(29)5-6-18(16)30-21)22(13-35)32-25(38)26-33-20-7-9-34(4)14-23(20)41-26/h5-6,11-12,19,22,30H,7-10,13-14H2,1-4H3,(H,31,37)(H,32,38)/t19-,22+/m0/s1. The number of fused-ring (bicyclic) bond motifs is 2. The molecular formula is C28H33ClN6O5S. The van der Waals surface area contributed by atoms with Crippen LogP contribution >= 0.6 is 22.9 Å². The van der Waals surface area contributed by atoms with Crippen LogP contribution in [0.15, 0.2) is 24.3 Å². The molecule has 5 rings (SSSR count). The van der Waals surface area contributed by atoms with Crippen LogP contribution < -0.4 is 10.6 Å². The molecule has 3 N–H and O–H groups in total. The minimum Gasteiger partial charge on any atom is -0.450 e. The van der Waals surface area contributed by atoms with Gasteiger partial charge in [0.1, 0.15) is 5.69 Å². The van der Waals surface area contributed by atoms with E-state index in [0.717, 1.165) is 41.0 Å². The zero-order chi connectivity index (χ0) is 29.5. The van der Waals surface area contributed by atoms with Gasteiger partial charge in [0.15, 0.2) is 10.6 Å². The SMILES string of the molecule is CC(=O)OC(C)(C)C(=O)N1CC[C@H](NC(=O)c2cc3cc(Cl)ccc3[nH]2)[C@H](NC(=O)c2nc3c(s2)CN(C)CC3)C1. The minimum atomic E-state index is -1.37. The number of aromatic amines is 1. The molecule has 2 aliphatic rings. The lowest BCUT2D eigenvalue weighted by Crippen LogP contribution is -2.63. The number of aromatic nitrogens is 2. The van der Waals surface area contributed by atoms with E-state index < -0.39 is 23.7 Å². The van der Waals surface area contributed by atoms with E-state index in [1.165, 1.54) is 32.1 Å². The molecule has 1 saturated heterocycles. The number of piperidine rings is 1. The van der Waals surface area contributed by atoms with Crippen LogP contribution in [0, 0.1) is 0 Å². The molecule has 0 spiro atoms. The minimum absolute atomic E-state index is 0.121. The zero-order valence-corrected chi connectivity index (χ0v) is 24.9. The summed E-state index contributed by atoms with van der Waals surface area (Å²) in [5.41, 5.74) is 0.697. The van der Waals surface area contributed by atoms with Gasteiger partial charge in [-0.15, -0.1) is 11.3 Å². The van der Waals surface area contributed by atoms with Crippen LogP contribution in [0.25, 0.3) is 10.9 Å². The van der Waals surface area contributed by atoms with Crippen molar-refractivity contribution in [3.05, 3.63) is 50.6 Å². The number of carbonyl (C=O) groups excluding carboxylic acids is 4. The maximum absolute atomic E-state index is 13.4. The van der Waals surface area contributed by atoms with Gasteiger partial charge in [-0.3, -0.25) is 19.2 Å². The fourth-order valence-electron chi connectivity index (χ4n) is 5.36. The second kappa shape index (κ2) is 11.4. The number of hydrogen-bond acceptors (Lipinski definition) is 8. The van der Waals surface area contributed by atoms with Gasteiger partial charge in [0.25, 0.3) is 17.7 Å². The monoisotopic (exact) mass is 600 g/mol.